The molecule has 0 spiro atoms. The van der Waals surface area contributed by atoms with Crippen LogP contribution in [0.4, 0.5) is 0 Å². The van der Waals surface area contributed by atoms with Gasteiger partial charge in [-0.15, -0.1) is 11.3 Å². The summed E-state index contributed by atoms with van der Waals surface area (Å²) in [7, 11) is 0. The minimum atomic E-state index is 1.11. The second-order valence-corrected chi connectivity index (χ2v) is 9.83. The van der Waals surface area contributed by atoms with Crippen molar-refractivity contribution in [2.75, 3.05) is 0 Å². The predicted octanol–water partition coefficient (Wildman–Crippen LogP) is 9.82. The van der Waals surface area contributed by atoms with Crippen LogP contribution in [0.1, 0.15) is 0 Å². The van der Waals surface area contributed by atoms with Crippen LogP contribution in [0.3, 0.4) is 0 Å². The molecular formula is C30H19BrS. The van der Waals surface area contributed by atoms with Crippen molar-refractivity contribution in [3.05, 3.63) is 120 Å². The van der Waals surface area contributed by atoms with E-state index >= 15 is 0 Å². The average Bonchev–Trinajstić information content (AvgIpc) is 3.24. The van der Waals surface area contributed by atoms with E-state index < -0.39 is 0 Å². The standard InChI is InChI=1S/C30H19BrS/c31-28-19-23(20-7-2-1-3-8-20)17-18-24(28)21-13-15-22(16-14-21)25-10-6-11-27-26-9-4-5-12-29(26)32-30(25)27/h1-19H. The molecule has 5 aromatic carbocycles. The number of benzene rings is 5. The zero-order valence-electron chi connectivity index (χ0n) is 17.3. The number of fused-ring (bicyclic) bond motifs is 3. The fourth-order valence-corrected chi connectivity index (χ4v) is 6.21. The van der Waals surface area contributed by atoms with Crippen LogP contribution >= 0.6 is 27.3 Å². The SMILES string of the molecule is Brc1cc(-c2ccccc2)ccc1-c1ccc(-c2cccc3c2sc2ccccc23)cc1. The second-order valence-electron chi connectivity index (χ2n) is 7.92. The molecule has 0 saturated heterocycles. The molecule has 0 bridgehead atoms. The van der Waals surface area contributed by atoms with Crippen molar-refractivity contribution in [2.45, 2.75) is 0 Å². The lowest BCUT2D eigenvalue weighted by Gasteiger charge is -2.10. The van der Waals surface area contributed by atoms with Gasteiger partial charge in [0.25, 0.3) is 0 Å². The Hall–Kier alpha value is -3.20. The van der Waals surface area contributed by atoms with Crippen molar-refractivity contribution < 1.29 is 0 Å². The zero-order valence-corrected chi connectivity index (χ0v) is 19.7. The maximum absolute atomic E-state index is 3.80. The van der Waals surface area contributed by atoms with E-state index in [1.807, 2.05) is 17.4 Å². The molecule has 0 fully saturated rings. The molecule has 2 heteroatoms. The third kappa shape index (κ3) is 3.37. The maximum atomic E-state index is 3.80. The molecule has 0 amide bonds. The van der Waals surface area contributed by atoms with E-state index in [1.165, 1.54) is 53.6 Å². The Labute approximate surface area is 199 Å². The third-order valence-electron chi connectivity index (χ3n) is 5.99. The first-order valence-electron chi connectivity index (χ1n) is 10.6. The summed E-state index contributed by atoms with van der Waals surface area (Å²) < 4.78 is 3.81. The first-order chi connectivity index (χ1) is 15.8. The van der Waals surface area contributed by atoms with Gasteiger partial charge in [-0.05, 0) is 45.5 Å². The number of hydrogen-bond donors (Lipinski definition) is 0. The van der Waals surface area contributed by atoms with Crippen LogP contribution in [0.2, 0.25) is 0 Å². The van der Waals surface area contributed by atoms with Gasteiger partial charge in [0, 0.05) is 24.6 Å². The number of halogens is 1. The highest BCUT2D eigenvalue weighted by atomic mass is 79.9. The van der Waals surface area contributed by atoms with Crippen molar-refractivity contribution in [1.82, 2.24) is 0 Å². The van der Waals surface area contributed by atoms with Crippen molar-refractivity contribution in [3.8, 4) is 33.4 Å². The number of rotatable bonds is 3. The van der Waals surface area contributed by atoms with Crippen molar-refractivity contribution >= 4 is 47.4 Å². The Bertz CT molecular complexity index is 1560. The molecule has 1 heterocycles. The summed E-state index contributed by atoms with van der Waals surface area (Å²) >= 11 is 5.68. The van der Waals surface area contributed by atoms with Crippen LogP contribution in [0.25, 0.3) is 53.6 Å². The predicted molar refractivity (Wildman–Crippen MR) is 143 cm³/mol. The van der Waals surface area contributed by atoms with Crippen LogP contribution < -0.4 is 0 Å². The van der Waals surface area contributed by atoms with Gasteiger partial charge in [0.1, 0.15) is 0 Å². The summed E-state index contributed by atoms with van der Waals surface area (Å²) in [5, 5.41) is 2.68. The van der Waals surface area contributed by atoms with Gasteiger partial charge in [0.15, 0.2) is 0 Å². The summed E-state index contributed by atoms with van der Waals surface area (Å²) in [6, 6.07) is 41.3. The normalized spacial score (nSPS) is 11.3. The highest BCUT2D eigenvalue weighted by Crippen LogP contribution is 2.40. The monoisotopic (exact) mass is 490 g/mol. The molecule has 6 aromatic rings. The number of thiophene rings is 1. The van der Waals surface area contributed by atoms with E-state index in [1.54, 1.807) is 0 Å². The average molecular weight is 491 g/mol. The van der Waals surface area contributed by atoms with E-state index in [4.69, 9.17) is 0 Å². The largest absolute Gasteiger partial charge is 0.135 e. The second kappa shape index (κ2) is 8.05. The molecule has 152 valence electrons. The van der Waals surface area contributed by atoms with Crippen molar-refractivity contribution in [1.29, 1.82) is 0 Å². The summed E-state index contributed by atoms with van der Waals surface area (Å²) in [5.74, 6) is 0. The van der Waals surface area contributed by atoms with Gasteiger partial charge < -0.3 is 0 Å². The molecule has 0 saturated carbocycles. The van der Waals surface area contributed by atoms with E-state index in [9.17, 15) is 0 Å². The molecule has 0 nitrogen and oxygen atoms in total. The van der Waals surface area contributed by atoms with E-state index in [2.05, 4.69) is 125 Å². The topological polar surface area (TPSA) is 0 Å². The van der Waals surface area contributed by atoms with Gasteiger partial charge in [-0.2, -0.15) is 0 Å². The fraction of sp³-hybridized carbons (Fsp3) is 0. The molecule has 0 radical (unpaired) electrons. The molecule has 0 N–H and O–H groups in total. The van der Waals surface area contributed by atoms with Crippen LogP contribution in [-0.2, 0) is 0 Å². The van der Waals surface area contributed by atoms with Gasteiger partial charge in [-0.25, -0.2) is 0 Å². The van der Waals surface area contributed by atoms with E-state index in [-0.39, 0.29) is 0 Å². The molecule has 0 aliphatic carbocycles. The molecule has 0 unspecified atom stereocenters. The Morgan fingerprint density at radius 3 is 1.91 bits per heavy atom. The summed E-state index contributed by atoms with van der Waals surface area (Å²) in [6.07, 6.45) is 0. The lowest BCUT2D eigenvalue weighted by Crippen LogP contribution is -1.84. The molecule has 0 aliphatic heterocycles. The highest BCUT2D eigenvalue weighted by Gasteiger charge is 2.11. The van der Waals surface area contributed by atoms with Gasteiger partial charge >= 0.3 is 0 Å². The Balaban J connectivity index is 1.38. The quantitative estimate of drug-likeness (QED) is 0.231. The Kier molecular flexibility index (Phi) is 4.90. The molecule has 0 aliphatic rings. The van der Waals surface area contributed by atoms with E-state index in [0.717, 1.165) is 4.47 Å². The third-order valence-corrected chi connectivity index (χ3v) is 7.86. The van der Waals surface area contributed by atoms with Gasteiger partial charge in [0.2, 0.25) is 0 Å². The van der Waals surface area contributed by atoms with Crippen LogP contribution in [-0.4, -0.2) is 0 Å². The zero-order chi connectivity index (χ0) is 21.5. The minimum Gasteiger partial charge on any atom is -0.135 e. The smallest absolute Gasteiger partial charge is 0.0433 e. The van der Waals surface area contributed by atoms with E-state index in [0.29, 0.717) is 0 Å². The van der Waals surface area contributed by atoms with Gasteiger partial charge in [-0.3, -0.25) is 0 Å². The molecule has 1 aromatic heterocycles. The van der Waals surface area contributed by atoms with Crippen LogP contribution in [0.15, 0.2) is 120 Å². The first kappa shape index (κ1) is 19.5. The Morgan fingerprint density at radius 1 is 0.469 bits per heavy atom. The molecule has 0 atom stereocenters. The first-order valence-corrected chi connectivity index (χ1v) is 12.2. The Morgan fingerprint density at radius 2 is 1.12 bits per heavy atom. The summed E-state index contributed by atoms with van der Waals surface area (Å²) in [6.45, 7) is 0. The van der Waals surface area contributed by atoms with Crippen LogP contribution in [0.5, 0.6) is 0 Å². The number of hydrogen-bond acceptors (Lipinski definition) is 1. The fourth-order valence-electron chi connectivity index (χ4n) is 4.36. The maximum Gasteiger partial charge on any atom is 0.0433 e. The lowest BCUT2D eigenvalue weighted by atomic mass is 9.97. The van der Waals surface area contributed by atoms with Crippen molar-refractivity contribution in [3.63, 3.8) is 0 Å². The summed E-state index contributed by atoms with van der Waals surface area (Å²) in [4.78, 5) is 0. The molecular weight excluding hydrogens is 472 g/mol. The highest BCUT2D eigenvalue weighted by molar-refractivity contribution is 9.10. The molecule has 32 heavy (non-hydrogen) atoms. The van der Waals surface area contributed by atoms with Crippen molar-refractivity contribution in [2.24, 2.45) is 0 Å². The summed E-state index contributed by atoms with van der Waals surface area (Å²) in [5.41, 5.74) is 7.41. The van der Waals surface area contributed by atoms with Crippen LogP contribution in [0, 0.1) is 0 Å². The lowest BCUT2D eigenvalue weighted by molar-refractivity contribution is 1.56. The molecule has 6 rings (SSSR count). The van der Waals surface area contributed by atoms with Gasteiger partial charge in [-0.1, -0.05) is 119 Å². The van der Waals surface area contributed by atoms with Gasteiger partial charge in [0.05, 0.1) is 0 Å². The minimum absolute atomic E-state index is 1.11.